The molecule has 1 atom stereocenters. The summed E-state index contributed by atoms with van der Waals surface area (Å²) >= 11 is 2.04. The largest absolute Gasteiger partial charge is 0.307 e. The molecule has 2 heterocycles. The Morgan fingerprint density at radius 3 is 2.62 bits per heavy atom. The van der Waals surface area contributed by atoms with Crippen LogP contribution in [-0.4, -0.2) is 35.8 Å². The van der Waals surface area contributed by atoms with Crippen LogP contribution in [0.25, 0.3) is 0 Å². The van der Waals surface area contributed by atoms with E-state index in [1.807, 2.05) is 11.8 Å². The topological polar surface area (TPSA) is 15.3 Å². The number of fused-ring (bicyclic) bond motifs is 1. The highest BCUT2D eigenvalue weighted by Crippen LogP contribution is 2.35. The van der Waals surface area contributed by atoms with Gasteiger partial charge in [0, 0.05) is 23.0 Å². The van der Waals surface area contributed by atoms with Crippen molar-refractivity contribution in [3.63, 3.8) is 0 Å². The molecule has 1 aromatic rings. The molecule has 4 rings (SSSR count). The van der Waals surface area contributed by atoms with E-state index < -0.39 is 0 Å². The van der Waals surface area contributed by atoms with Gasteiger partial charge in [-0.05, 0) is 69.0 Å². The van der Waals surface area contributed by atoms with Gasteiger partial charge in [0.2, 0.25) is 0 Å². The van der Waals surface area contributed by atoms with Crippen molar-refractivity contribution in [1.82, 2.24) is 10.2 Å². The van der Waals surface area contributed by atoms with E-state index in [1.54, 1.807) is 5.56 Å². The predicted octanol–water partition coefficient (Wildman–Crippen LogP) is 3.83. The van der Waals surface area contributed by atoms with Crippen molar-refractivity contribution < 1.29 is 0 Å². The van der Waals surface area contributed by atoms with E-state index in [0.717, 1.165) is 12.1 Å². The van der Waals surface area contributed by atoms with Crippen LogP contribution < -0.4 is 5.32 Å². The number of piperidine rings is 1. The third-order valence-electron chi connectivity index (χ3n) is 5.22. The van der Waals surface area contributed by atoms with Crippen molar-refractivity contribution in [2.75, 3.05) is 18.8 Å². The predicted molar refractivity (Wildman–Crippen MR) is 89.9 cm³/mol. The zero-order valence-corrected chi connectivity index (χ0v) is 13.6. The monoisotopic (exact) mass is 302 g/mol. The molecule has 1 saturated carbocycles. The minimum absolute atomic E-state index is 0.577. The van der Waals surface area contributed by atoms with Crippen molar-refractivity contribution in [2.24, 2.45) is 0 Å². The summed E-state index contributed by atoms with van der Waals surface area (Å²) in [5.74, 6) is 1.27. The number of nitrogens with zero attached hydrogens (tertiary/aromatic N) is 1. The molecule has 114 valence electrons. The van der Waals surface area contributed by atoms with Crippen molar-refractivity contribution in [3.05, 3.63) is 29.8 Å². The molecule has 0 aromatic heterocycles. The Morgan fingerprint density at radius 1 is 1.00 bits per heavy atom. The maximum atomic E-state index is 3.99. The van der Waals surface area contributed by atoms with Gasteiger partial charge in [-0.3, -0.25) is 0 Å². The first kappa shape index (κ1) is 14.1. The summed E-state index contributed by atoms with van der Waals surface area (Å²) in [5, 5.41) is 3.99. The number of hydrogen-bond acceptors (Lipinski definition) is 3. The molecule has 1 aromatic carbocycles. The standard InChI is InChI=1S/C18H26N2S/c1-2-6-18-16(4-1)17(5-3-13-21-18)19-14-9-11-20(12-10-14)15-7-8-15/h1-2,4,6,14-15,17,19H,3,5,7-13H2/t17-/m1/s1. The highest BCUT2D eigenvalue weighted by molar-refractivity contribution is 7.99. The van der Waals surface area contributed by atoms with E-state index in [2.05, 4.69) is 34.5 Å². The van der Waals surface area contributed by atoms with E-state index in [-0.39, 0.29) is 0 Å². The molecular weight excluding hydrogens is 276 g/mol. The Hall–Kier alpha value is -0.510. The lowest BCUT2D eigenvalue weighted by atomic mass is 9.98. The molecule has 2 nitrogen and oxygen atoms in total. The Labute approximate surface area is 132 Å². The highest BCUT2D eigenvalue weighted by atomic mass is 32.2. The first-order valence-corrected chi connectivity index (χ1v) is 9.60. The van der Waals surface area contributed by atoms with Gasteiger partial charge in [0.15, 0.2) is 0 Å². The quantitative estimate of drug-likeness (QED) is 0.913. The van der Waals surface area contributed by atoms with Gasteiger partial charge in [-0.1, -0.05) is 18.2 Å². The van der Waals surface area contributed by atoms with E-state index in [0.29, 0.717) is 6.04 Å². The molecule has 0 amide bonds. The maximum absolute atomic E-state index is 3.99. The van der Waals surface area contributed by atoms with Crippen LogP contribution in [0.1, 0.15) is 50.1 Å². The number of benzene rings is 1. The number of hydrogen-bond donors (Lipinski definition) is 1. The zero-order chi connectivity index (χ0) is 14.1. The van der Waals surface area contributed by atoms with E-state index in [1.165, 1.54) is 62.3 Å². The van der Waals surface area contributed by atoms with Gasteiger partial charge in [0.1, 0.15) is 0 Å². The molecule has 21 heavy (non-hydrogen) atoms. The molecule has 0 unspecified atom stereocenters. The zero-order valence-electron chi connectivity index (χ0n) is 12.8. The highest BCUT2D eigenvalue weighted by Gasteiger charge is 2.32. The van der Waals surface area contributed by atoms with Gasteiger partial charge in [-0.15, -0.1) is 11.8 Å². The van der Waals surface area contributed by atoms with Crippen LogP contribution in [-0.2, 0) is 0 Å². The smallest absolute Gasteiger partial charge is 0.0334 e. The Kier molecular flexibility index (Phi) is 4.24. The van der Waals surface area contributed by atoms with Gasteiger partial charge in [-0.2, -0.15) is 0 Å². The maximum Gasteiger partial charge on any atom is 0.0334 e. The van der Waals surface area contributed by atoms with Crippen LogP contribution in [0.15, 0.2) is 29.2 Å². The van der Waals surface area contributed by atoms with Gasteiger partial charge < -0.3 is 10.2 Å². The van der Waals surface area contributed by atoms with E-state index >= 15 is 0 Å². The number of nitrogens with one attached hydrogen (secondary N) is 1. The Balaban J connectivity index is 1.40. The average Bonchev–Trinajstić information content (AvgIpc) is 3.36. The fourth-order valence-corrected chi connectivity index (χ4v) is 4.94. The SMILES string of the molecule is c1ccc2c(c1)SCCC[C@H]2NC1CCN(C2CC2)CC1. The fourth-order valence-electron chi connectivity index (χ4n) is 3.85. The fraction of sp³-hybridized carbons (Fsp3) is 0.667. The summed E-state index contributed by atoms with van der Waals surface area (Å²) in [5.41, 5.74) is 1.55. The summed E-state index contributed by atoms with van der Waals surface area (Å²) in [4.78, 5) is 4.22. The summed E-state index contributed by atoms with van der Waals surface area (Å²) in [6.45, 7) is 2.62. The summed E-state index contributed by atoms with van der Waals surface area (Å²) < 4.78 is 0. The van der Waals surface area contributed by atoms with Crippen LogP contribution in [0.4, 0.5) is 0 Å². The molecular formula is C18H26N2S. The summed E-state index contributed by atoms with van der Waals surface area (Å²) in [7, 11) is 0. The molecule has 3 heteroatoms. The average molecular weight is 302 g/mol. The summed E-state index contributed by atoms with van der Waals surface area (Å²) in [6, 6.07) is 11.3. The third-order valence-corrected chi connectivity index (χ3v) is 6.39. The molecule has 0 bridgehead atoms. The molecule has 1 N–H and O–H groups in total. The second-order valence-electron chi connectivity index (χ2n) is 6.79. The minimum atomic E-state index is 0.577. The van der Waals surface area contributed by atoms with Gasteiger partial charge in [-0.25, -0.2) is 0 Å². The summed E-state index contributed by atoms with van der Waals surface area (Å²) in [6.07, 6.45) is 8.20. The van der Waals surface area contributed by atoms with E-state index in [4.69, 9.17) is 0 Å². The lowest BCUT2D eigenvalue weighted by Crippen LogP contribution is -2.44. The molecule has 2 fully saturated rings. The van der Waals surface area contributed by atoms with Crippen LogP contribution >= 0.6 is 11.8 Å². The van der Waals surface area contributed by atoms with Gasteiger partial charge >= 0.3 is 0 Å². The second-order valence-corrected chi connectivity index (χ2v) is 7.93. The molecule has 0 radical (unpaired) electrons. The molecule has 0 spiro atoms. The van der Waals surface area contributed by atoms with Crippen molar-refractivity contribution >= 4 is 11.8 Å². The van der Waals surface area contributed by atoms with Crippen LogP contribution in [0.5, 0.6) is 0 Å². The lowest BCUT2D eigenvalue weighted by molar-refractivity contribution is 0.181. The van der Waals surface area contributed by atoms with Crippen LogP contribution in [0.2, 0.25) is 0 Å². The molecule has 1 saturated heterocycles. The molecule has 3 aliphatic rings. The molecule has 2 aliphatic heterocycles. The number of rotatable bonds is 3. The Morgan fingerprint density at radius 2 is 1.81 bits per heavy atom. The van der Waals surface area contributed by atoms with Crippen molar-refractivity contribution in [3.8, 4) is 0 Å². The van der Waals surface area contributed by atoms with Crippen molar-refractivity contribution in [2.45, 2.75) is 61.5 Å². The van der Waals surface area contributed by atoms with Gasteiger partial charge in [0.25, 0.3) is 0 Å². The first-order valence-electron chi connectivity index (χ1n) is 8.62. The lowest BCUT2D eigenvalue weighted by Gasteiger charge is -2.35. The first-order chi connectivity index (χ1) is 10.4. The molecule has 1 aliphatic carbocycles. The van der Waals surface area contributed by atoms with Crippen molar-refractivity contribution in [1.29, 1.82) is 0 Å². The normalized spacial score (nSPS) is 28.1. The number of likely N-dealkylation sites (tertiary alicyclic amines) is 1. The minimum Gasteiger partial charge on any atom is -0.307 e. The van der Waals surface area contributed by atoms with Crippen LogP contribution in [0.3, 0.4) is 0 Å². The second kappa shape index (κ2) is 6.31. The Bertz CT molecular complexity index is 478. The van der Waals surface area contributed by atoms with E-state index in [9.17, 15) is 0 Å². The van der Waals surface area contributed by atoms with Crippen LogP contribution in [0, 0.1) is 0 Å². The van der Waals surface area contributed by atoms with Gasteiger partial charge in [0.05, 0.1) is 0 Å². The number of thioether (sulfide) groups is 1. The third kappa shape index (κ3) is 3.30.